The van der Waals surface area contributed by atoms with Crippen molar-refractivity contribution in [2.45, 2.75) is 50.8 Å². The second-order valence-corrected chi connectivity index (χ2v) is 7.70. The topological polar surface area (TPSA) is 43.8 Å². The number of rotatable bonds is 6. The van der Waals surface area contributed by atoms with E-state index in [9.17, 15) is 9.90 Å². The summed E-state index contributed by atoms with van der Waals surface area (Å²) in [4.78, 5) is 16.9. The van der Waals surface area contributed by atoms with Gasteiger partial charge in [-0.1, -0.05) is 42.5 Å². The normalized spacial score (nSPS) is 18.6. The van der Waals surface area contributed by atoms with Crippen molar-refractivity contribution in [2.75, 3.05) is 19.6 Å². The average Bonchev–Trinajstić information content (AvgIpc) is 3.51. The predicted molar refractivity (Wildman–Crippen MR) is 104 cm³/mol. The first kappa shape index (κ1) is 17.5. The van der Waals surface area contributed by atoms with Crippen molar-refractivity contribution in [3.8, 4) is 0 Å². The van der Waals surface area contributed by atoms with Gasteiger partial charge >= 0.3 is 0 Å². The molecule has 138 valence electrons. The Labute approximate surface area is 155 Å². The van der Waals surface area contributed by atoms with E-state index in [1.54, 1.807) is 0 Å². The van der Waals surface area contributed by atoms with Crippen LogP contribution in [0.15, 0.2) is 42.5 Å². The Kier molecular flexibility index (Phi) is 5.23. The highest BCUT2D eigenvalue weighted by atomic mass is 16.3. The van der Waals surface area contributed by atoms with Crippen LogP contribution in [0, 0.1) is 0 Å². The molecule has 0 aromatic heterocycles. The monoisotopic (exact) mass is 352 g/mol. The third kappa shape index (κ3) is 4.08. The van der Waals surface area contributed by atoms with Gasteiger partial charge in [-0.25, -0.2) is 0 Å². The van der Waals surface area contributed by atoms with Crippen LogP contribution in [0.2, 0.25) is 0 Å². The number of aliphatic hydroxyl groups is 1. The Balaban J connectivity index is 1.39. The van der Waals surface area contributed by atoms with Gasteiger partial charge < -0.3 is 10.0 Å². The van der Waals surface area contributed by atoms with E-state index in [2.05, 4.69) is 47.4 Å². The lowest BCUT2D eigenvalue weighted by Crippen LogP contribution is -2.41. The lowest BCUT2D eigenvalue weighted by atomic mass is 10.0. The van der Waals surface area contributed by atoms with Crippen LogP contribution >= 0.6 is 0 Å². The maximum atomic E-state index is 12.5. The van der Waals surface area contributed by atoms with E-state index in [0.717, 1.165) is 13.1 Å². The molecular formula is C22H28N2O2. The summed E-state index contributed by atoms with van der Waals surface area (Å²) < 4.78 is 0. The van der Waals surface area contributed by atoms with Crippen LogP contribution in [0.5, 0.6) is 0 Å². The number of fused-ring (bicyclic) bond motifs is 1. The zero-order chi connectivity index (χ0) is 17.9. The standard InChI is InChI=1S/C22H28N2O2/c25-20-10-13-23(14-11-20)22(26)12-15-24(19-8-9-19)16-18-6-3-5-17-4-1-2-7-21(17)18/h1-7,19-20,25H,8-16H2. The Bertz CT molecular complexity index is 758. The van der Waals surface area contributed by atoms with E-state index in [1.807, 2.05) is 4.90 Å². The fourth-order valence-corrected chi connectivity index (χ4v) is 3.99. The maximum absolute atomic E-state index is 12.5. The fourth-order valence-electron chi connectivity index (χ4n) is 3.99. The smallest absolute Gasteiger partial charge is 0.223 e. The number of benzene rings is 2. The van der Waals surface area contributed by atoms with Gasteiger partial charge in [0.15, 0.2) is 0 Å². The molecular weight excluding hydrogens is 324 g/mol. The largest absolute Gasteiger partial charge is 0.393 e. The van der Waals surface area contributed by atoms with Gasteiger partial charge in [0, 0.05) is 38.6 Å². The number of nitrogens with zero attached hydrogens (tertiary/aromatic N) is 2. The van der Waals surface area contributed by atoms with E-state index >= 15 is 0 Å². The molecule has 26 heavy (non-hydrogen) atoms. The van der Waals surface area contributed by atoms with Crippen molar-refractivity contribution in [1.29, 1.82) is 0 Å². The molecule has 1 aliphatic carbocycles. The molecule has 2 aromatic rings. The molecule has 2 fully saturated rings. The third-order valence-electron chi connectivity index (χ3n) is 5.75. The van der Waals surface area contributed by atoms with Crippen LogP contribution in [-0.2, 0) is 11.3 Å². The molecule has 1 amide bonds. The summed E-state index contributed by atoms with van der Waals surface area (Å²) in [6, 6.07) is 15.7. The molecule has 1 aliphatic heterocycles. The van der Waals surface area contributed by atoms with Crippen LogP contribution in [0.1, 0.15) is 37.7 Å². The first-order valence-electron chi connectivity index (χ1n) is 9.87. The minimum absolute atomic E-state index is 0.228. The van der Waals surface area contributed by atoms with Crippen LogP contribution < -0.4 is 0 Å². The summed E-state index contributed by atoms with van der Waals surface area (Å²) in [6.45, 7) is 3.14. The van der Waals surface area contributed by atoms with Crippen LogP contribution in [0.4, 0.5) is 0 Å². The van der Waals surface area contributed by atoms with Gasteiger partial charge in [0.2, 0.25) is 5.91 Å². The van der Waals surface area contributed by atoms with Crippen molar-refractivity contribution in [2.24, 2.45) is 0 Å². The molecule has 0 bridgehead atoms. The van der Waals surface area contributed by atoms with Crippen LogP contribution in [0.25, 0.3) is 10.8 Å². The molecule has 1 saturated heterocycles. The number of hydrogen-bond donors (Lipinski definition) is 1. The number of amides is 1. The molecule has 0 atom stereocenters. The van der Waals surface area contributed by atoms with Gasteiger partial charge in [0.1, 0.15) is 0 Å². The van der Waals surface area contributed by atoms with Gasteiger partial charge in [-0.2, -0.15) is 0 Å². The summed E-state index contributed by atoms with van der Waals surface area (Å²) in [6.07, 6.45) is 4.27. The molecule has 1 heterocycles. The Morgan fingerprint density at radius 2 is 1.77 bits per heavy atom. The molecule has 4 rings (SSSR count). The molecule has 0 spiro atoms. The molecule has 0 unspecified atom stereocenters. The Morgan fingerprint density at radius 1 is 1.04 bits per heavy atom. The molecule has 4 heteroatoms. The summed E-state index contributed by atoms with van der Waals surface area (Å²) in [7, 11) is 0. The van der Waals surface area contributed by atoms with Gasteiger partial charge in [0.05, 0.1) is 6.10 Å². The summed E-state index contributed by atoms with van der Waals surface area (Å²) >= 11 is 0. The molecule has 1 saturated carbocycles. The second-order valence-electron chi connectivity index (χ2n) is 7.70. The Hall–Kier alpha value is -1.91. The van der Waals surface area contributed by atoms with E-state index < -0.39 is 0 Å². The molecule has 4 nitrogen and oxygen atoms in total. The second kappa shape index (κ2) is 7.77. The average molecular weight is 352 g/mol. The van der Waals surface area contributed by atoms with Gasteiger partial charge in [-0.3, -0.25) is 9.69 Å². The lowest BCUT2D eigenvalue weighted by molar-refractivity contribution is -0.133. The van der Waals surface area contributed by atoms with Crippen molar-refractivity contribution >= 4 is 16.7 Å². The maximum Gasteiger partial charge on any atom is 0.223 e. The SMILES string of the molecule is O=C(CCN(Cc1cccc2ccccc12)C1CC1)N1CCC(O)CC1. The van der Waals surface area contributed by atoms with Crippen molar-refractivity contribution < 1.29 is 9.90 Å². The zero-order valence-electron chi connectivity index (χ0n) is 15.3. The Morgan fingerprint density at radius 3 is 2.54 bits per heavy atom. The van der Waals surface area contributed by atoms with Crippen molar-refractivity contribution in [3.63, 3.8) is 0 Å². The quantitative estimate of drug-likeness (QED) is 0.868. The first-order valence-corrected chi connectivity index (χ1v) is 9.87. The summed E-state index contributed by atoms with van der Waals surface area (Å²) in [5, 5.41) is 12.2. The number of carbonyl (C=O) groups excluding carboxylic acids is 1. The summed E-state index contributed by atoms with van der Waals surface area (Å²) in [5.74, 6) is 0.237. The molecule has 0 radical (unpaired) electrons. The zero-order valence-corrected chi connectivity index (χ0v) is 15.3. The van der Waals surface area contributed by atoms with Crippen molar-refractivity contribution in [1.82, 2.24) is 9.80 Å². The minimum Gasteiger partial charge on any atom is -0.393 e. The number of carbonyl (C=O) groups is 1. The predicted octanol–water partition coefficient (Wildman–Crippen LogP) is 3.18. The number of aliphatic hydroxyl groups excluding tert-OH is 1. The molecule has 1 N–H and O–H groups in total. The number of hydrogen-bond acceptors (Lipinski definition) is 3. The highest BCUT2D eigenvalue weighted by Gasteiger charge is 2.30. The third-order valence-corrected chi connectivity index (χ3v) is 5.75. The van der Waals surface area contributed by atoms with Crippen LogP contribution in [0.3, 0.4) is 0 Å². The highest BCUT2D eigenvalue weighted by molar-refractivity contribution is 5.85. The van der Waals surface area contributed by atoms with E-state index in [0.29, 0.717) is 38.4 Å². The number of piperidine rings is 1. The van der Waals surface area contributed by atoms with Gasteiger partial charge in [-0.15, -0.1) is 0 Å². The van der Waals surface area contributed by atoms with Crippen LogP contribution in [-0.4, -0.2) is 52.6 Å². The molecule has 2 aliphatic rings. The summed E-state index contributed by atoms with van der Waals surface area (Å²) in [5.41, 5.74) is 1.35. The number of likely N-dealkylation sites (tertiary alicyclic amines) is 1. The highest BCUT2D eigenvalue weighted by Crippen LogP contribution is 2.30. The minimum atomic E-state index is -0.228. The van der Waals surface area contributed by atoms with E-state index in [1.165, 1.54) is 29.2 Å². The van der Waals surface area contributed by atoms with Crippen molar-refractivity contribution in [3.05, 3.63) is 48.0 Å². The first-order chi connectivity index (χ1) is 12.7. The van der Waals surface area contributed by atoms with Gasteiger partial charge in [0.25, 0.3) is 0 Å². The van der Waals surface area contributed by atoms with E-state index in [-0.39, 0.29) is 12.0 Å². The van der Waals surface area contributed by atoms with E-state index in [4.69, 9.17) is 0 Å². The lowest BCUT2D eigenvalue weighted by Gasteiger charge is -2.30. The van der Waals surface area contributed by atoms with Gasteiger partial charge in [-0.05, 0) is 42.0 Å². The fraction of sp³-hybridized carbons (Fsp3) is 0.500. The molecule has 2 aromatic carbocycles.